The zero-order valence-corrected chi connectivity index (χ0v) is 10.5. The van der Waals surface area contributed by atoms with Crippen LogP contribution in [-0.4, -0.2) is 23.0 Å². The molecule has 0 aromatic carbocycles. The second-order valence-electron chi connectivity index (χ2n) is 5.12. The number of amides is 1. The normalized spacial score (nSPS) is 25.3. The number of hydrogen-bond donors (Lipinski definition) is 2. The van der Waals surface area contributed by atoms with Crippen LogP contribution in [-0.2, 0) is 9.59 Å². The highest BCUT2D eigenvalue weighted by atomic mass is 16.4. The van der Waals surface area contributed by atoms with E-state index >= 15 is 0 Å². The molecule has 0 aromatic heterocycles. The summed E-state index contributed by atoms with van der Waals surface area (Å²) in [5, 5.41) is 11.8. The fourth-order valence-electron chi connectivity index (χ4n) is 2.30. The maximum absolute atomic E-state index is 11.8. The minimum Gasteiger partial charge on any atom is -0.481 e. The number of allylic oxidation sites excluding steroid dienone is 1. The Morgan fingerprint density at radius 1 is 1.47 bits per heavy atom. The SMILES string of the molecule is C=C(C)CC(C)C(=O)N[C@@H]1CC[C@H](C(=O)O)C1. The Morgan fingerprint density at radius 3 is 2.59 bits per heavy atom. The van der Waals surface area contributed by atoms with Crippen molar-refractivity contribution in [2.45, 2.75) is 45.6 Å². The minimum atomic E-state index is -0.753. The van der Waals surface area contributed by atoms with E-state index in [-0.39, 0.29) is 23.8 Å². The van der Waals surface area contributed by atoms with Crippen LogP contribution in [0.1, 0.15) is 39.5 Å². The Labute approximate surface area is 102 Å². The molecule has 1 saturated carbocycles. The lowest BCUT2D eigenvalue weighted by Crippen LogP contribution is -2.37. The van der Waals surface area contributed by atoms with Crippen molar-refractivity contribution >= 4 is 11.9 Å². The lowest BCUT2D eigenvalue weighted by atomic mass is 10.0. The quantitative estimate of drug-likeness (QED) is 0.721. The number of carboxylic acids is 1. The molecule has 2 N–H and O–H groups in total. The molecule has 1 unspecified atom stereocenters. The van der Waals surface area contributed by atoms with Crippen molar-refractivity contribution in [3.8, 4) is 0 Å². The van der Waals surface area contributed by atoms with E-state index in [0.717, 1.165) is 12.0 Å². The number of hydrogen-bond acceptors (Lipinski definition) is 2. The third kappa shape index (κ3) is 4.21. The van der Waals surface area contributed by atoms with Crippen LogP contribution >= 0.6 is 0 Å². The summed E-state index contributed by atoms with van der Waals surface area (Å²) in [5.41, 5.74) is 0.988. The highest BCUT2D eigenvalue weighted by molar-refractivity contribution is 5.79. The van der Waals surface area contributed by atoms with Crippen LogP contribution in [0.2, 0.25) is 0 Å². The second kappa shape index (κ2) is 5.84. The Kier molecular flexibility index (Phi) is 4.73. The minimum absolute atomic E-state index is 0.00374. The van der Waals surface area contributed by atoms with Crippen LogP contribution in [0.4, 0.5) is 0 Å². The van der Waals surface area contributed by atoms with Gasteiger partial charge in [0.25, 0.3) is 0 Å². The molecule has 0 saturated heterocycles. The average Bonchev–Trinajstić information content (AvgIpc) is 2.65. The van der Waals surface area contributed by atoms with Crippen LogP contribution in [0, 0.1) is 11.8 Å². The highest BCUT2D eigenvalue weighted by Gasteiger charge is 2.31. The van der Waals surface area contributed by atoms with Gasteiger partial charge in [0.2, 0.25) is 5.91 Å². The molecule has 0 bridgehead atoms. The van der Waals surface area contributed by atoms with Gasteiger partial charge in [-0.15, -0.1) is 6.58 Å². The molecule has 3 atom stereocenters. The zero-order valence-electron chi connectivity index (χ0n) is 10.5. The van der Waals surface area contributed by atoms with Gasteiger partial charge in [-0.2, -0.15) is 0 Å². The van der Waals surface area contributed by atoms with Gasteiger partial charge in [0.1, 0.15) is 0 Å². The Bertz CT molecular complexity index is 325. The van der Waals surface area contributed by atoms with Gasteiger partial charge in [-0.25, -0.2) is 0 Å². The van der Waals surface area contributed by atoms with Crippen molar-refractivity contribution in [1.82, 2.24) is 5.32 Å². The van der Waals surface area contributed by atoms with E-state index < -0.39 is 5.97 Å². The van der Waals surface area contributed by atoms with E-state index in [1.807, 2.05) is 13.8 Å². The van der Waals surface area contributed by atoms with Gasteiger partial charge >= 0.3 is 5.97 Å². The maximum atomic E-state index is 11.8. The molecule has 0 radical (unpaired) electrons. The van der Waals surface area contributed by atoms with Gasteiger partial charge < -0.3 is 10.4 Å². The first-order chi connectivity index (χ1) is 7.90. The van der Waals surface area contributed by atoms with Crippen molar-refractivity contribution in [3.63, 3.8) is 0 Å². The van der Waals surface area contributed by atoms with Gasteiger partial charge in [0.15, 0.2) is 0 Å². The maximum Gasteiger partial charge on any atom is 0.306 e. The van der Waals surface area contributed by atoms with E-state index in [1.54, 1.807) is 0 Å². The molecule has 1 amide bonds. The lowest BCUT2D eigenvalue weighted by Gasteiger charge is -2.16. The van der Waals surface area contributed by atoms with Gasteiger partial charge in [-0.3, -0.25) is 9.59 Å². The standard InChI is InChI=1S/C13H21NO3/c1-8(2)6-9(3)12(15)14-11-5-4-10(7-11)13(16)17/h9-11H,1,4-7H2,2-3H3,(H,14,15)(H,16,17)/t9?,10-,11+/m0/s1. The molecule has 4 heteroatoms. The van der Waals surface area contributed by atoms with Gasteiger partial charge in [-0.05, 0) is 32.6 Å². The summed E-state index contributed by atoms with van der Waals surface area (Å²) in [5.74, 6) is -1.13. The molecule has 4 nitrogen and oxygen atoms in total. The van der Waals surface area contributed by atoms with Crippen molar-refractivity contribution in [2.75, 3.05) is 0 Å². The molecule has 0 heterocycles. The van der Waals surface area contributed by atoms with Crippen LogP contribution in [0.25, 0.3) is 0 Å². The van der Waals surface area contributed by atoms with Crippen molar-refractivity contribution < 1.29 is 14.7 Å². The Hall–Kier alpha value is -1.32. The monoisotopic (exact) mass is 239 g/mol. The smallest absolute Gasteiger partial charge is 0.306 e. The zero-order chi connectivity index (χ0) is 13.0. The third-order valence-electron chi connectivity index (χ3n) is 3.23. The molecular weight excluding hydrogens is 218 g/mol. The molecule has 1 aliphatic rings. The first kappa shape index (κ1) is 13.7. The Morgan fingerprint density at radius 2 is 2.12 bits per heavy atom. The van der Waals surface area contributed by atoms with Gasteiger partial charge in [0, 0.05) is 12.0 Å². The fraction of sp³-hybridized carbons (Fsp3) is 0.692. The summed E-state index contributed by atoms with van der Waals surface area (Å²) in [6, 6.07) is 0.0242. The van der Waals surface area contributed by atoms with Crippen molar-refractivity contribution in [3.05, 3.63) is 12.2 Å². The average molecular weight is 239 g/mol. The number of nitrogens with one attached hydrogen (secondary N) is 1. The van der Waals surface area contributed by atoms with Gasteiger partial charge in [0.05, 0.1) is 5.92 Å². The molecule has 0 aliphatic heterocycles. The predicted octanol–water partition coefficient (Wildman–Crippen LogP) is 1.96. The van der Waals surface area contributed by atoms with E-state index in [2.05, 4.69) is 11.9 Å². The second-order valence-corrected chi connectivity index (χ2v) is 5.12. The first-order valence-electron chi connectivity index (χ1n) is 6.07. The van der Waals surface area contributed by atoms with Crippen LogP contribution in [0.15, 0.2) is 12.2 Å². The van der Waals surface area contributed by atoms with Crippen molar-refractivity contribution in [2.24, 2.45) is 11.8 Å². The summed E-state index contributed by atoms with van der Waals surface area (Å²) in [4.78, 5) is 22.6. The number of carbonyl (C=O) groups is 2. The van der Waals surface area contributed by atoms with E-state index in [1.165, 1.54) is 0 Å². The van der Waals surface area contributed by atoms with E-state index in [4.69, 9.17) is 5.11 Å². The number of carbonyl (C=O) groups excluding carboxylic acids is 1. The van der Waals surface area contributed by atoms with E-state index in [0.29, 0.717) is 19.3 Å². The largest absolute Gasteiger partial charge is 0.481 e. The highest BCUT2D eigenvalue weighted by Crippen LogP contribution is 2.26. The molecule has 0 aromatic rings. The van der Waals surface area contributed by atoms with Crippen LogP contribution in [0.5, 0.6) is 0 Å². The molecule has 1 aliphatic carbocycles. The van der Waals surface area contributed by atoms with Crippen LogP contribution in [0.3, 0.4) is 0 Å². The summed E-state index contributed by atoms with van der Waals surface area (Å²) in [7, 11) is 0. The number of aliphatic carboxylic acids is 1. The number of carboxylic acid groups (broad SMARTS) is 1. The summed E-state index contributed by atoms with van der Waals surface area (Å²) in [6.07, 6.45) is 2.67. The summed E-state index contributed by atoms with van der Waals surface area (Å²) >= 11 is 0. The topological polar surface area (TPSA) is 66.4 Å². The molecule has 1 fully saturated rings. The molecule has 0 spiro atoms. The fourth-order valence-corrected chi connectivity index (χ4v) is 2.30. The molecule has 96 valence electrons. The number of rotatable bonds is 5. The van der Waals surface area contributed by atoms with Crippen LogP contribution < -0.4 is 5.32 Å². The summed E-state index contributed by atoms with van der Waals surface area (Å²) < 4.78 is 0. The first-order valence-corrected chi connectivity index (χ1v) is 6.07. The molecule has 1 rings (SSSR count). The molecule has 17 heavy (non-hydrogen) atoms. The van der Waals surface area contributed by atoms with Crippen molar-refractivity contribution in [1.29, 1.82) is 0 Å². The van der Waals surface area contributed by atoms with E-state index in [9.17, 15) is 9.59 Å². The molecular formula is C13H21NO3. The third-order valence-corrected chi connectivity index (χ3v) is 3.23. The summed E-state index contributed by atoms with van der Waals surface area (Å²) in [6.45, 7) is 7.56. The lowest BCUT2D eigenvalue weighted by molar-refractivity contribution is -0.141. The predicted molar refractivity (Wildman–Crippen MR) is 65.5 cm³/mol. The van der Waals surface area contributed by atoms with Gasteiger partial charge in [-0.1, -0.05) is 12.5 Å². The Balaban J connectivity index is 2.37.